The second-order valence-corrected chi connectivity index (χ2v) is 15.7. The summed E-state index contributed by atoms with van der Waals surface area (Å²) in [5, 5.41) is 4.59. The summed E-state index contributed by atoms with van der Waals surface area (Å²) in [6, 6.07) is 72.5. The first-order valence-corrected chi connectivity index (χ1v) is 19.8. The maximum atomic E-state index is 6.71. The Morgan fingerprint density at radius 3 is 1.61 bits per heavy atom. The first-order chi connectivity index (χ1) is 28.0. The zero-order valence-corrected chi connectivity index (χ0v) is 31.9. The van der Waals surface area contributed by atoms with E-state index in [9.17, 15) is 0 Å². The predicted molar refractivity (Wildman–Crippen MR) is 240 cm³/mol. The van der Waals surface area contributed by atoms with Crippen LogP contribution in [0.3, 0.4) is 0 Å². The second-order valence-electron chi connectivity index (χ2n) is 15.7. The van der Waals surface area contributed by atoms with Gasteiger partial charge in [0.2, 0.25) is 0 Å². The van der Waals surface area contributed by atoms with Crippen LogP contribution in [0.4, 0.5) is 17.1 Å². The maximum absolute atomic E-state index is 6.71. The molecule has 1 aliphatic rings. The lowest BCUT2D eigenvalue weighted by atomic mass is 9.82. The molecule has 0 atom stereocenters. The fraction of sp³-hybridized carbons (Fsp3) is 0.0545. The summed E-state index contributed by atoms with van der Waals surface area (Å²) in [6.45, 7) is 4.69. The van der Waals surface area contributed by atoms with Gasteiger partial charge >= 0.3 is 0 Å². The fourth-order valence-corrected chi connectivity index (χ4v) is 9.15. The van der Waals surface area contributed by atoms with Crippen molar-refractivity contribution in [1.82, 2.24) is 0 Å². The average Bonchev–Trinajstić information content (AvgIpc) is 3.76. The Kier molecular flexibility index (Phi) is 7.55. The Morgan fingerprint density at radius 2 is 0.895 bits per heavy atom. The van der Waals surface area contributed by atoms with Crippen molar-refractivity contribution in [3.63, 3.8) is 0 Å². The van der Waals surface area contributed by atoms with Crippen molar-refractivity contribution < 1.29 is 4.42 Å². The number of anilines is 3. The number of benzene rings is 9. The van der Waals surface area contributed by atoms with Crippen LogP contribution in [0.1, 0.15) is 25.0 Å². The molecule has 1 aliphatic carbocycles. The molecule has 0 aliphatic heterocycles. The Labute approximate surface area is 332 Å². The van der Waals surface area contributed by atoms with Crippen LogP contribution in [0, 0.1) is 0 Å². The van der Waals surface area contributed by atoms with E-state index in [-0.39, 0.29) is 5.41 Å². The van der Waals surface area contributed by atoms with Crippen LogP contribution in [0.2, 0.25) is 0 Å². The Hall–Kier alpha value is -7.16. The quantitative estimate of drug-likeness (QED) is 0.169. The molecular formula is C55H39NO. The Balaban J connectivity index is 0.996. The highest BCUT2D eigenvalue weighted by atomic mass is 16.3. The number of furan rings is 1. The largest absolute Gasteiger partial charge is 0.455 e. The normalized spacial score (nSPS) is 12.9. The van der Waals surface area contributed by atoms with Gasteiger partial charge in [-0.15, -0.1) is 0 Å². The van der Waals surface area contributed by atoms with E-state index in [0.29, 0.717) is 0 Å². The van der Waals surface area contributed by atoms with Crippen molar-refractivity contribution in [1.29, 1.82) is 0 Å². The SMILES string of the molecule is CC1(C)c2ccccc2-c2ccc(N(c3ccc(-c4ccccc4)cc3)c3ccc(-c4ccc5c(c4)oc4c6ccccc6c(-c6ccccc6)cc54)cc3)cc21. The van der Waals surface area contributed by atoms with Gasteiger partial charge in [-0.2, -0.15) is 0 Å². The van der Waals surface area contributed by atoms with Gasteiger partial charge in [0.15, 0.2) is 0 Å². The molecule has 0 bridgehead atoms. The third-order valence-corrected chi connectivity index (χ3v) is 12.1. The molecule has 57 heavy (non-hydrogen) atoms. The molecule has 0 amide bonds. The van der Waals surface area contributed by atoms with E-state index in [1.54, 1.807) is 0 Å². The highest BCUT2D eigenvalue weighted by Gasteiger charge is 2.35. The maximum Gasteiger partial charge on any atom is 0.143 e. The molecule has 10 aromatic rings. The van der Waals surface area contributed by atoms with Gasteiger partial charge in [-0.3, -0.25) is 0 Å². The van der Waals surface area contributed by atoms with Gasteiger partial charge < -0.3 is 9.32 Å². The van der Waals surface area contributed by atoms with Crippen molar-refractivity contribution in [2.45, 2.75) is 19.3 Å². The lowest BCUT2D eigenvalue weighted by Crippen LogP contribution is -2.16. The molecule has 270 valence electrons. The minimum absolute atomic E-state index is 0.0979. The molecule has 2 nitrogen and oxygen atoms in total. The Morgan fingerprint density at radius 1 is 0.351 bits per heavy atom. The molecule has 2 heteroatoms. The molecule has 0 unspecified atom stereocenters. The van der Waals surface area contributed by atoms with Gasteiger partial charge in [0, 0.05) is 38.6 Å². The molecule has 1 heterocycles. The highest BCUT2D eigenvalue weighted by molar-refractivity contribution is 6.19. The third-order valence-electron chi connectivity index (χ3n) is 12.1. The van der Waals surface area contributed by atoms with Crippen molar-refractivity contribution >= 4 is 49.8 Å². The van der Waals surface area contributed by atoms with E-state index >= 15 is 0 Å². The fourth-order valence-electron chi connectivity index (χ4n) is 9.15. The molecule has 0 saturated carbocycles. The molecule has 0 N–H and O–H groups in total. The monoisotopic (exact) mass is 729 g/mol. The van der Waals surface area contributed by atoms with Crippen LogP contribution in [-0.2, 0) is 5.41 Å². The lowest BCUT2D eigenvalue weighted by Gasteiger charge is -2.28. The highest BCUT2D eigenvalue weighted by Crippen LogP contribution is 2.51. The molecule has 0 fully saturated rings. The minimum Gasteiger partial charge on any atom is -0.455 e. The van der Waals surface area contributed by atoms with Crippen molar-refractivity contribution in [3.05, 3.63) is 211 Å². The van der Waals surface area contributed by atoms with E-state index in [2.05, 4.69) is 219 Å². The smallest absolute Gasteiger partial charge is 0.143 e. The molecule has 0 spiro atoms. The number of rotatable bonds is 6. The molecule has 0 saturated heterocycles. The van der Waals surface area contributed by atoms with Crippen LogP contribution in [0.25, 0.3) is 77.2 Å². The summed E-state index contributed by atoms with van der Waals surface area (Å²) in [4.78, 5) is 2.38. The van der Waals surface area contributed by atoms with Gasteiger partial charge in [-0.1, -0.05) is 159 Å². The number of hydrogen-bond acceptors (Lipinski definition) is 2. The van der Waals surface area contributed by atoms with Crippen LogP contribution in [0.5, 0.6) is 0 Å². The topological polar surface area (TPSA) is 16.4 Å². The van der Waals surface area contributed by atoms with Crippen LogP contribution < -0.4 is 4.90 Å². The summed E-state index contributed by atoms with van der Waals surface area (Å²) in [5.41, 5.74) is 17.6. The van der Waals surface area contributed by atoms with Gasteiger partial charge in [0.05, 0.1) is 0 Å². The molecular weight excluding hydrogens is 691 g/mol. The number of fused-ring (bicyclic) bond motifs is 8. The van der Waals surface area contributed by atoms with Crippen molar-refractivity contribution in [2.75, 3.05) is 4.90 Å². The Bertz CT molecular complexity index is 3120. The van der Waals surface area contributed by atoms with E-state index < -0.39 is 0 Å². The average molecular weight is 730 g/mol. The summed E-state index contributed by atoms with van der Waals surface area (Å²) in [6.07, 6.45) is 0. The van der Waals surface area contributed by atoms with Gasteiger partial charge in [0.25, 0.3) is 0 Å². The number of nitrogens with zero attached hydrogens (tertiary/aromatic N) is 1. The molecule has 11 rings (SSSR count). The van der Waals surface area contributed by atoms with E-state index in [1.807, 2.05) is 0 Å². The molecule has 1 aromatic heterocycles. The van der Waals surface area contributed by atoms with Crippen LogP contribution in [0.15, 0.2) is 205 Å². The summed E-state index contributed by atoms with van der Waals surface area (Å²) >= 11 is 0. The summed E-state index contributed by atoms with van der Waals surface area (Å²) in [5.74, 6) is 0. The van der Waals surface area contributed by atoms with Gasteiger partial charge in [-0.05, 0) is 116 Å². The van der Waals surface area contributed by atoms with Gasteiger partial charge in [0.1, 0.15) is 11.2 Å². The first-order valence-electron chi connectivity index (χ1n) is 19.8. The van der Waals surface area contributed by atoms with Crippen LogP contribution in [-0.4, -0.2) is 0 Å². The zero-order chi connectivity index (χ0) is 38.1. The van der Waals surface area contributed by atoms with E-state index in [4.69, 9.17) is 4.42 Å². The second kappa shape index (κ2) is 13.0. The van der Waals surface area contributed by atoms with E-state index in [1.165, 1.54) is 49.9 Å². The van der Waals surface area contributed by atoms with Crippen LogP contribution >= 0.6 is 0 Å². The third kappa shape index (κ3) is 5.40. The van der Waals surface area contributed by atoms with Crippen molar-refractivity contribution in [2.24, 2.45) is 0 Å². The zero-order valence-electron chi connectivity index (χ0n) is 31.9. The lowest BCUT2D eigenvalue weighted by molar-refractivity contribution is 0.660. The van der Waals surface area contributed by atoms with Gasteiger partial charge in [-0.25, -0.2) is 0 Å². The first kappa shape index (κ1) is 33.2. The molecule has 9 aromatic carbocycles. The predicted octanol–water partition coefficient (Wildman–Crippen LogP) is 15.5. The summed E-state index contributed by atoms with van der Waals surface area (Å²) < 4.78 is 6.71. The number of hydrogen-bond donors (Lipinski definition) is 0. The standard InChI is InChI=1S/C55H39NO/c1-55(2)51-20-12-11-18-45(51)46-32-30-43(34-52(46)55)56(41-26-21-37(22-27-41)36-13-5-3-6-14-36)42-28-23-38(24-29-42)40-25-31-47-50-35-49(39-15-7-4-8-16-39)44-17-9-10-19-48(44)54(50)57-53(47)33-40/h3-35H,1-2H3. The minimum atomic E-state index is -0.0979. The molecule has 0 radical (unpaired) electrons. The van der Waals surface area contributed by atoms with Crippen molar-refractivity contribution in [3.8, 4) is 44.5 Å². The van der Waals surface area contributed by atoms with E-state index in [0.717, 1.165) is 55.5 Å². The summed E-state index contributed by atoms with van der Waals surface area (Å²) in [7, 11) is 0.